The van der Waals surface area contributed by atoms with Gasteiger partial charge in [-0.05, 0) is 31.3 Å². The van der Waals surface area contributed by atoms with Crippen molar-refractivity contribution in [3.05, 3.63) is 0 Å². The molecule has 1 amide bonds. The largest absolute Gasteiger partial charge is 0.349 e. The molecule has 0 aromatic heterocycles. The summed E-state index contributed by atoms with van der Waals surface area (Å²) in [5.74, 6) is 0.172. The summed E-state index contributed by atoms with van der Waals surface area (Å²) in [4.78, 5) is 15.8. The van der Waals surface area contributed by atoms with Crippen molar-refractivity contribution < 1.29 is 4.79 Å². The molecule has 0 aromatic rings. The highest BCUT2D eigenvalue weighted by atomic mass is 16.2. The second-order valence-electron chi connectivity index (χ2n) is 6.08. The van der Waals surface area contributed by atoms with Crippen LogP contribution in [-0.2, 0) is 4.79 Å². The number of rotatable bonds is 4. The summed E-state index contributed by atoms with van der Waals surface area (Å²) >= 11 is 0. The van der Waals surface area contributed by atoms with Crippen LogP contribution in [-0.4, -0.2) is 55.5 Å². The van der Waals surface area contributed by atoms with E-state index in [1.54, 1.807) is 19.0 Å². The average Bonchev–Trinajstić information content (AvgIpc) is 2.26. The fraction of sp³-hybridized carbons (Fsp3) is 0.923. The molecule has 0 saturated carbocycles. The number of piperidine rings is 1. The Bertz CT molecular complexity index is 253. The Morgan fingerprint density at radius 2 is 1.88 bits per heavy atom. The van der Waals surface area contributed by atoms with E-state index in [2.05, 4.69) is 18.7 Å². The van der Waals surface area contributed by atoms with E-state index in [0.29, 0.717) is 18.4 Å². The Morgan fingerprint density at radius 1 is 1.35 bits per heavy atom. The lowest BCUT2D eigenvalue weighted by atomic mass is 9.82. The first kappa shape index (κ1) is 14.5. The van der Waals surface area contributed by atoms with Crippen LogP contribution in [0.2, 0.25) is 0 Å². The number of nitrogens with two attached hydrogens (primary N) is 1. The molecule has 4 nitrogen and oxygen atoms in total. The molecular weight excluding hydrogens is 214 g/mol. The predicted molar refractivity (Wildman–Crippen MR) is 70.7 cm³/mol. The highest BCUT2D eigenvalue weighted by molar-refractivity contribution is 5.76. The first-order chi connectivity index (χ1) is 7.85. The van der Waals surface area contributed by atoms with Crippen molar-refractivity contribution in [3.8, 4) is 0 Å². The minimum absolute atomic E-state index is 0.172. The summed E-state index contributed by atoms with van der Waals surface area (Å²) in [7, 11) is 3.60. The number of amides is 1. The smallest absolute Gasteiger partial charge is 0.223 e. The molecule has 0 aliphatic carbocycles. The molecule has 2 N–H and O–H groups in total. The van der Waals surface area contributed by atoms with E-state index < -0.39 is 0 Å². The zero-order valence-corrected chi connectivity index (χ0v) is 11.7. The molecule has 0 radical (unpaired) electrons. The van der Waals surface area contributed by atoms with Crippen molar-refractivity contribution in [1.29, 1.82) is 0 Å². The third-order valence-electron chi connectivity index (χ3n) is 3.85. The monoisotopic (exact) mass is 241 g/mol. The van der Waals surface area contributed by atoms with E-state index in [9.17, 15) is 4.79 Å². The number of hydrogen-bond acceptors (Lipinski definition) is 3. The second kappa shape index (κ2) is 5.83. The standard InChI is InChI=1S/C13H27N3O/c1-13(2)5-7-16(8-6-13)11(10-14)9-12(17)15(3)4/h11H,5-10,14H2,1-4H3. The van der Waals surface area contributed by atoms with Crippen LogP contribution >= 0.6 is 0 Å². The van der Waals surface area contributed by atoms with Gasteiger partial charge in [-0.2, -0.15) is 0 Å². The van der Waals surface area contributed by atoms with Crippen LogP contribution in [0.15, 0.2) is 0 Å². The fourth-order valence-electron chi connectivity index (χ4n) is 2.24. The molecule has 0 bridgehead atoms. The van der Waals surface area contributed by atoms with Crippen LogP contribution in [0.25, 0.3) is 0 Å². The molecule has 1 unspecified atom stereocenters. The van der Waals surface area contributed by atoms with Gasteiger partial charge in [-0.3, -0.25) is 9.69 Å². The van der Waals surface area contributed by atoms with E-state index in [0.717, 1.165) is 13.1 Å². The third kappa shape index (κ3) is 4.28. The van der Waals surface area contributed by atoms with E-state index in [1.165, 1.54) is 12.8 Å². The van der Waals surface area contributed by atoms with Gasteiger partial charge in [0.2, 0.25) is 5.91 Å². The molecule has 1 fully saturated rings. The first-order valence-corrected chi connectivity index (χ1v) is 6.50. The normalized spacial score (nSPS) is 22.2. The maximum atomic E-state index is 11.7. The quantitative estimate of drug-likeness (QED) is 0.796. The zero-order valence-electron chi connectivity index (χ0n) is 11.7. The Kier molecular flexibility index (Phi) is 4.95. The van der Waals surface area contributed by atoms with Crippen LogP contribution in [0, 0.1) is 5.41 Å². The Balaban J connectivity index is 2.49. The molecule has 4 heteroatoms. The summed E-state index contributed by atoms with van der Waals surface area (Å²) in [6.07, 6.45) is 2.93. The molecule has 100 valence electrons. The van der Waals surface area contributed by atoms with Crippen molar-refractivity contribution in [2.75, 3.05) is 33.7 Å². The highest BCUT2D eigenvalue weighted by Gasteiger charge is 2.29. The molecule has 1 atom stereocenters. The van der Waals surface area contributed by atoms with Gasteiger partial charge in [-0.15, -0.1) is 0 Å². The molecule has 0 spiro atoms. The summed E-state index contributed by atoms with van der Waals surface area (Å²) in [6.45, 7) is 7.32. The van der Waals surface area contributed by atoms with Gasteiger partial charge in [0.15, 0.2) is 0 Å². The Morgan fingerprint density at radius 3 is 2.29 bits per heavy atom. The predicted octanol–water partition coefficient (Wildman–Crippen LogP) is 0.914. The topological polar surface area (TPSA) is 49.6 Å². The van der Waals surface area contributed by atoms with Crippen molar-refractivity contribution >= 4 is 5.91 Å². The molecule has 0 aromatic carbocycles. The van der Waals surface area contributed by atoms with Gasteiger partial charge in [0.25, 0.3) is 0 Å². The van der Waals surface area contributed by atoms with E-state index in [-0.39, 0.29) is 11.9 Å². The molecule has 1 saturated heterocycles. The van der Waals surface area contributed by atoms with Gasteiger partial charge in [-0.25, -0.2) is 0 Å². The van der Waals surface area contributed by atoms with Gasteiger partial charge in [0.05, 0.1) is 0 Å². The molecule has 17 heavy (non-hydrogen) atoms. The maximum absolute atomic E-state index is 11.7. The van der Waals surface area contributed by atoms with Crippen molar-refractivity contribution in [1.82, 2.24) is 9.80 Å². The summed E-state index contributed by atoms with van der Waals surface area (Å²) < 4.78 is 0. The second-order valence-corrected chi connectivity index (χ2v) is 6.08. The highest BCUT2D eigenvalue weighted by Crippen LogP contribution is 2.30. The van der Waals surface area contributed by atoms with Crippen LogP contribution < -0.4 is 5.73 Å². The Labute approximate surface area is 105 Å². The third-order valence-corrected chi connectivity index (χ3v) is 3.85. The molecule has 1 aliphatic rings. The number of hydrogen-bond donors (Lipinski definition) is 1. The van der Waals surface area contributed by atoms with Gasteiger partial charge in [-0.1, -0.05) is 13.8 Å². The van der Waals surface area contributed by atoms with Crippen LogP contribution in [0.3, 0.4) is 0 Å². The lowest BCUT2D eigenvalue weighted by molar-refractivity contribution is -0.130. The summed E-state index contributed by atoms with van der Waals surface area (Å²) in [6, 6.07) is 0.209. The van der Waals surface area contributed by atoms with Gasteiger partial charge < -0.3 is 10.6 Å². The number of carbonyl (C=O) groups excluding carboxylic acids is 1. The Hall–Kier alpha value is -0.610. The van der Waals surface area contributed by atoms with Crippen LogP contribution in [0.5, 0.6) is 0 Å². The molecular formula is C13H27N3O. The number of nitrogens with zero attached hydrogens (tertiary/aromatic N) is 2. The first-order valence-electron chi connectivity index (χ1n) is 6.50. The van der Waals surface area contributed by atoms with Crippen molar-refractivity contribution in [2.24, 2.45) is 11.1 Å². The maximum Gasteiger partial charge on any atom is 0.223 e. The lowest BCUT2D eigenvalue weighted by Gasteiger charge is -2.40. The van der Waals surface area contributed by atoms with Crippen LogP contribution in [0.1, 0.15) is 33.1 Å². The van der Waals surface area contributed by atoms with Gasteiger partial charge in [0.1, 0.15) is 0 Å². The number of likely N-dealkylation sites (tertiary alicyclic amines) is 1. The number of carbonyl (C=O) groups is 1. The average molecular weight is 241 g/mol. The van der Waals surface area contributed by atoms with E-state index in [1.807, 2.05) is 0 Å². The lowest BCUT2D eigenvalue weighted by Crippen LogP contribution is -2.48. The summed E-state index contributed by atoms with van der Waals surface area (Å²) in [5, 5.41) is 0. The summed E-state index contributed by atoms with van der Waals surface area (Å²) in [5.41, 5.74) is 6.25. The minimum Gasteiger partial charge on any atom is -0.349 e. The van der Waals surface area contributed by atoms with E-state index >= 15 is 0 Å². The molecule has 1 rings (SSSR count). The van der Waals surface area contributed by atoms with Crippen molar-refractivity contribution in [2.45, 2.75) is 39.2 Å². The van der Waals surface area contributed by atoms with Crippen LogP contribution in [0.4, 0.5) is 0 Å². The SMILES string of the molecule is CN(C)C(=O)CC(CN)N1CCC(C)(C)CC1. The minimum atomic E-state index is 0.172. The van der Waals surface area contributed by atoms with Gasteiger partial charge in [0, 0.05) is 33.1 Å². The van der Waals surface area contributed by atoms with Gasteiger partial charge >= 0.3 is 0 Å². The van der Waals surface area contributed by atoms with E-state index in [4.69, 9.17) is 5.73 Å². The molecule has 1 aliphatic heterocycles. The zero-order chi connectivity index (χ0) is 13.1. The van der Waals surface area contributed by atoms with Crippen molar-refractivity contribution in [3.63, 3.8) is 0 Å². The fourth-order valence-corrected chi connectivity index (χ4v) is 2.24. The molecule has 1 heterocycles.